The fourth-order valence-corrected chi connectivity index (χ4v) is 2.39. The van der Waals surface area contributed by atoms with Crippen molar-refractivity contribution in [1.82, 2.24) is 0 Å². The molecule has 2 nitrogen and oxygen atoms in total. The minimum absolute atomic E-state index is 0.240. The van der Waals surface area contributed by atoms with E-state index in [2.05, 4.69) is 15.9 Å². The molecule has 0 aromatic heterocycles. The Balaban J connectivity index is 2.02. The van der Waals surface area contributed by atoms with Crippen LogP contribution >= 0.6 is 15.9 Å². The molecule has 3 heteroatoms. The van der Waals surface area contributed by atoms with E-state index in [9.17, 15) is 5.11 Å². The van der Waals surface area contributed by atoms with Crippen LogP contribution in [0.4, 0.5) is 0 Å². The van der Waals surface area contributed by atoms with Gasteiger partial charge in [-0.2, -0.15) is 0 Å². The van der Waals surface area contributed by atoms with E-state index in [1.165, 1.54) is 12.8 Å². The highest BCUT2D eigenvalue weighted by molar-refractivity contribution is 9.10. The lowest BCUT2D eigenvalue weighted by atomic mass is 10.0. The van der Waals surface area contributed by atoms with E-state index < -0.39 is 0 Å². The minimum Gasteiger partial charge on any atom is -0.496 e. The van der Waals surface area contributed by atoms with E-state index >= 15 is 0 Å². The van der Waals surface area contributed by atoms with Crippen LogP contribution in [0.2, 0.25) is 0 Å². The Labute approximate surface area is 105 Å². The number of hydrogen-bond acceptors (Lipinski definition) is 2. The molecule has 1 aliphatic carbocycles. The lowest BCUT2D eigenvalue weighted by molar-refractivity contribution is 0.157. The van der Waals surface area contributed by atoms with Gasteiger partial charge in [0.05, 0.1) is 13.2 Å². The summed E-state index contributed by atoms with van der Waals surface area (Å²) in [6.45, 7) is 0. The second kappa shape index (κ2) is 5.19. The smallest absolute Gasteiger partial charge is 0.122 e. The number of hydrogen-bond donors (Lipinski definition) is 1. The number of aliphatic hydroxyl groups excluding tert-OH is 1. The third-order valence-electron chi connectivity index (χ3n) is 3.00. The van der Waals surface area contributed by atoms with Gasteiger partial charge in [-0.05, 0) is 36.1 Å². The second-order valence-corrected chi connectivity index (χ2v) is 5.41. The normalized spacial score (nSPS) is 17.2. The van der Waals surface area contributed by atoms with Crippen LogP contribution in [-0.2, 0) is 6.42 Å². The van der Waals surface area contributed by atoms with E-state index in [0.29, 0.717) is 6.42 Å². The molecule has 1 N–H and O–H groups in total. The van der Waals surface area contributed by atoms with Crippen molar-refractivity contribution in [2.75, 3.05) is 7.11 Å². The van der Waals surface area contributed by atoms with E-state index in [1.807, 2.05) is 18.2 Å². The topological polar surface area (TPSA) is 29.5 Å². The first kappa shape index (κ1) is 11.9. The van der Waals surface area contributed by atoms with Gasteiger partial charge in [-0.3, -0.25) is 0 Å². The molecule has 1 atom stereocenters. The van der Waals surface area contributed by atoms with Crippen LogP contribution in [0.3, 0.4) is 0 Å². The first-order chi connectivity index (χ1) is 7.69. The molecule has 1 aliphatic rings. The van der Waals surface area contributed by atoms with Gasteiger partial charge >= 0.3 is 0 Å². The molecule has 16 heavy (non-hydrogen) atoms. The summed E-state index contributed by atoms with van der Waals surface area (Å²) in [5, 5.41) is 9.95. The van der Waals surface area contributed by atoms with E-state index in [-0.39, 0.29) is 6.10 Å². The van der Waals surface area contributed by atoms with Gasteiger partial charge in [0.15, 0.2) is 0 Å². The summed E-state index contributed by atoms with van der Waals surface area (Å²) in [6.07, 6.45) is 3.93. The molecule has 0 aliphatic heterocycles. The van der Waals surface area contributed by atoms with Crippen LogP contribution in [0.25, 0.3) is 0 Å². The SMILES string of the molecule is COc1ccc(Br)cc1CC(O)CC1CC1. The Morgan fingerprint density at radius 1 is 1.50 bits per heavy atom. The van der Waals surface area contributed by atoms with Gasteiger partial charge in [0.2, 0.25) is 0 Å². The first-order valence-electron chi connectivity index (χ1n) is 5.69. The lowest BCUT2D eigenvalue weighted by Crippen LogP contribution is -2.12. The Hall–Kier alpha value is -0.540. The van der Waals surface area contributed by atoms with E-state index in [0.717, 1.165) is 28.1 Å². The highest BCUT2D eigenvalue weighted by Gasteiger charge is 2.25. The monoisotopic (exact) mass is 284 g/mol. The van der Waals surface area contributed by atoms with Gasteiger partial charge < -0.3 is 9.84 Å². The standard InChI is InChI=1S/C13H17BrO2/c1-16-13-5-4-11(14)7-10(13)8-12(15)6-9-2-3-9/h4-5,7,9,12,15H,2-3,6,8H2,1H3. The molecule has 0 bridgehead atoms. The van der Waals surface area contributed by atoms with Crippen molar-refractivity contribution in [3.8, 4) is 5.75 Å². The fraction of sp³-hybridized carbons (Fsp3) is 0.538. The molecule has 1 aromatic rings. The maximum Gasteiger partial charge on any atom is 0.122 e. The number of rotatable bonds is 5. The number of benzene rings is 1. The van der Waals surface area contributed by atoms with Crippen molar-refractivity contribution in [2.45, 2.75) is 31.8 Å². The number of ether oxygens (including phenoxy) is 1. The third-order valence-corrected chi connectivity index (χ3v) is 3.49. The quantitative estimate of drug-likeness (QED) is 0.900. The fourth-order valence-electron chi connectivity index (χ4n) is 1.98. The Kier molecular flexibility index (Phi) is 3.87. The van der Waals surface area contributed by atoms with Gasteiger partial charge in [-0.25, -0.2) is 0 Å². The number of aliphatic hydroxyl groups is 1. The van der Waals surface area contributed by atoms with E-state index in [4.69, 9.17) is 4.74 Å². The van der Waals surface area contributed by atoms with E-state index in [1.54, 1.807) is 7.11 Å². The molecule has 1 aromatic carbocycles. The molecule has 1 fully saturated rings. The molecule has 0 amide bonds. The summed E-state index contributed by atoms with van der Waals surface area (Å²) < 4.78 is 6.32. The average Bonchev–Trinajstić information content (AvgIpc) is 3.02. The summed E-state index contributed by atoms with van der Waals surface area (Å²) in [5.41, 5.74) is 1.07. The molecule has 88 valence electrons. The Morgan fingerprint density at radius 2 is 2.25 bits per heavy atom. The maximum absolute atomic E-state index is 9.95. The van der Waals surface area contributed by atoms with Crippen LogP contribution in [-0.4, -0.2) is 18.3 Å². The van der Waals surface area contributed by atoms with Gasteiger partial charge in [0.1, 0.15) is 5.75 Å². The van der Waals surface area contributed by atoms with Crippen molar-refractivity contribution >= 4 is 15.9 Å². The molecule has 1 saturated carbocycles. The van der Waals surface area contributed by atoms with Crippen LogP contribution < -0.4 is 4.74 Å². The second-order valence-electron chi connectivity index (χ2n) is 4.49. The van der Waals surface area contributed by atoms with Crippen molar-refractivity contribution in [2.24, 2.45) is 5.92 Å². The molecule has 1 unspecified atom stereocenters. The number of halogens is 1. The number of methoxy groups -OCH3 is 1. The van der Waals surface area contributed by atoms with Crippen LogP contribution in [0.1, 0.15) is 24.8 Å². The van der Waals surface area contributed by atoms with Crippen molar-refractivity contribution in [3.63, 3.8) is 0 Å². The van der Waals surface area contributed by atoms with Gasteiger partial charge in [-0.1, -0.05) is 28.8 Å². The molecular weight excluding hydrogens is 268 g/mol. The molecule has 2 rings (SSSR count). The Bertz CT molecular complexity index is 361. The van der Waals surface area contributed by atoms with Crippen molar-refractivity contribution in [1.29, 1.82) is 0 Å². The molecule has 0 saturated heterocycles. The summed E-state index contributed by atoms with van der Waals surface area (Å²) in [4.78, 5) is 0. The molecular formula is C13H17BrO2. The van der Waals surface area contributed by atoms with Crippen LogP contribution in [0.5, 0.6) is 5.75 Å². The van der Waals surface area contributed by atoms with Crippen LogP contribution in [0, 0.1) is 5.92 Å². The average molecular weight is 285 g/mol. The zero-order valence-electron chi connectivity index (χ0n) is 9.45. The van der Waals surface area contributed by atoms with Gasteiger partial charge in [0, 0.05) is 10.9 Å². The highest BCUT2D eigenvalue weighted by Crippen LogP contribution is 2.34. The summed E-state index contributed by atoms with van der Waals surface area (Å²) in [5.74, 6) is 1.62. The lowest BCUT2D eigenvalue weighted by Gasteiger charge is -2.13. The van der Waals surface area contributed by atoms with Crippen LogP contribution in [0.15, 0.2) is 22.7 Å². The largest absolute Gasteiger partial charge is 0.496 e. The summed E-state index contributed by atoms with van der Waals surface area (Å²) in [7, 11) is 1.67. The Morgan fingerprint density at radius 3 is 2.88 bits per heavy atom. The third kappa shape index (κ3) is 3.22. The molecule has 0 heterocycles. The predicted molar refractivity (Wildman–Crippen MR) is 67.7 cm³/mol. The zero-order chi connectivity index (χ0) is 11.5. The highest BCUT2D eigenvalue weighted by atomic mass is 79.9. The minimum atomic E-state index is -0.240. The van der Waals surface area contributed by atoms with Gasteiger partial charge in [0.25, 0.3) is 0 Å². The first-order valence-corrected chi connectivity index (χ1v) is 6.49. The maximum atomic E-state index is 9.95. The molecule has 0 spiro atoms. The van der Waals surface area contributed by atoms with Crippen molar-refractivity contribution < 1.29 is 9.84 Å². The summed E-state index contributed by atoms with van der Waals surface area (Å²) >= 11 is 3.44. The summed E-state index contributed by atoms with van der Waals surface area (Å²) in [6, 6.07) is 5.91. The predicted octanol–water partition coefficient (Wildman–Crippen LogP) is 3.16. The zero-order valence-corrected chi connectivity index (χ0v) is 11.0. The van der Waals surface area contributed by atoms with Crippen molar-refractivity contribution in [3.05, 3.63) is 28.2 Å². The van der Waals surface area contributed by atoms with Gasteiger partial charge in [-0.15, -0.1) is 0 Å². The molecule has 0 radical (unpaired) electrons.